The van der Waals surface area contributed by atoms with Crippen molar-refractivity contribution in [3.05, 3.63) is 28.2 Å². The molecule has 3 rings (SSSR count). The van der Waals surface area contributed by atoms with Crippen molar-refractivity contribution >= 4 is 23.2 Å². The molecule has 0 heterocycles. The molecule has 1 spiro atoms. The van der Waals surface area contributed by atoms with Crippen molar-refractivity contribution in [3.63, 3.8) is 0 Å². The summed E-state index contributed by atoms with van der Waals surface area (Å²) in [6.45, 7) is 0. The first-order chi connectivity index (χ1) is 8.62. The summed E-state index contributed by atoms with van der Waals surface area (Å²) < 4.78 is 6.07. The Balaban J connectivity index is 1.75. The number of halogens is 2. The molecule has 2 fully saturated rings. The van der Waals surface area contributed by atoms with Crippen molar-refractivity contribution < 1.29 is 4.74 Å². The molecule has 2 atom stereocenters. The van der Waals surface area contributed by atoms with Gasteiger partial charge in [-0.25, -0.2) is 0 Å². The lowest BCUT2D eigenvalue weighted by Gasteiger charge is -2.52. The summed E-state index contributed by atoms with van der Waals surface area (Å²) >= 11 is 11.9. The molecule has 2 N–H and O–H groups in total. The van der Waals surface area contributed by atoms with Crippen LogP contribution in [0.25, 0.3) is 0 Å². The van der Waals surface area contributed by atoms with Gasteiger partial charge in [0.15, 0.2) is 0 Å². The lowest BCUT2D eigenvalue weighted by Crippen LogP contribution is -2.62. The van der Waals surface area contributed by atoms with Crippen molar-refractivity contribution in [1.82, 2.24) is 0 Å². The summed E-state index contributed by atoms with van der Waals surface area (Å²) in [4.78, 5) is 0. The Morgan fingerprint density at radius 3 is 2.50 bits per heavy atom. The van der Waals surface area contributed by atoms with Crippen LogP contribution in [0.2, 0.25) is 10.0 Å². The second kappa shape index (κ2) is 4.59. The maximum atomic E-state index is 6.19. The normalized spacial score (nSPS) is 29.3. The van der Waals surface area contributed by atoms with Gasteiger partial charge >= 0.3 is 0 Å². The first kappa shape index (κ1) is 12.6. The van der Waals surface area contributed by atoms with Crippen LogP contribution in [0.3, 0.4) is 0 Å². The minimum Gasteiger partial charge on any atom is -0.490 e. The Labute approximate surface area is 117 Å². The van der Waals surface area contributed by atoms with Gasteiger partial charge < -0.3 is 10.5 Å². The Kier molecular flexibility index (Phi) is 3.21. The van der Waals surface area contributed by atoms with E-state index in [1.807, 2.05) is 6.07 Å². The zero-order chi connectivity index (χ0) is 12.8. The highest BCUT2D eigenvalue weighted by molar-refractivity contribution is 6.42. The fourth-order valence-corrected chi connectivity index (χ4v) is 3.67. The van der Waals surface area contributed by atoms with Crippen molar-refractivity contribution in [3.8, 4) is 5.75 Å². The molecule has 0 aromatic heterocycles. The van der Waals surface area contributed by atoms with Crippen LogP contribution < -0.4 is 10.5 Å². The second-order valence-electron chi connectivity index (χ2n) is 5.46. The first-order valence-corrected chi connectivity index (χ1v) is 7.25. The third kappa shape index (κ3) is 1.91. The van der Waals surface area contributed by atoms with Gasteiger partial charge in [0.05, 0.1) is 10.0 Å². The number of ether oxygens (including phenoxy) is 1. The van der Waals surface area contributed by atoms with Gasteiger partial charge in [-0.1, -0.05) is 36.0 Å². The molecule has 0 radical (unpaired) electrons. The molecule has 1 aromatic rings. The SMILES string of the molecule is NC1CC(Oc2ccc(Cl)c(Cl)c2)C12CCCC2. The third-order valence-electron chi connectivity index (χ3n) is 4.55. The van der Waals surface area contributed by atoms with Crippen LogP contribution in [0.1, 0.15) is 32.1 Å². The maximum Gasteiger partial charge on any atom is 0.121 e. The van der Waals surface area contributed by atoms with Gasteiger partial charge in [0.25, 0.3) is 0 Å². The predicted octanol–water partition coefficient (Wildman–Crippen LogP) is 4.03. The van der Waals surface area contributed by atoms with E-state index < -0.39 is 0 Å². The summed E-state index contributed by atoms with van der Waals surface area (Å²) in [5.41, 5.74) is 6.40. The van der Waals surface area contributed by atoms with E-state index >= 15 is 0 Å². The van der Waals surface area contributed by atoms with E-state index in [-0.39, 0.29) is 11.5 Å². The van der Waals surface area contributed by atoms with Crippen molar-refractivity contribution in [2.45, 2.75) is 44.2 Å². The molecule has 0 aliphatic heterocycles. The number of hydrogen-bond acceptors (Lipinski definition) is 2. The van der Waals surface area contributed by atoms with Gasteiger partial charge in [0.1, 0.15) is 11.9 Å². The summed E-state index contributed by atoms with van der Waals surface area (Å²) in [5.74, 6) is 0.799. The van der Waals surface area contributed by atoms with E-state index in [0.29, 0.717) is 16.1 Å². The van der Waals surface area contributed by atoms with E-state index in [4.69, 9.17) is 33.7 Å². The van der Waals surface area contributed by atoms with Crippen molar-refractivity contribution in [2.75, 3.05) is 0 Å². The van der Waals surface area contributed by atoms with Crippen LogP contribution in [0, 0.1) is 5.41 Å². The summed E-state index contributed by atoms with van der Waals surface area (Å²) in [7, 11) is 0. The molecular weight excluding hydrogens is 269 g/mol. The molecule has 2 nitrogen and oxygen atoms in total. The van der Waals surface area contributed by atoms with Crippen LogP contribution in [-0.4, -0.2) is 12.1 Å². The minimum absolute atomic E-state index is 0.214. The molecule has 98 valence electrons. The quantitative estimate of drug-likeness (QED) is 0.890. The van der Waals surface area contributed by atoms with Crippen molar-refractivity contribution in [2.24, 2.45) is 11.1 Å². The van der Waals surface area contributed by atoms with Gasteiger partial charge in [-0.2, -0.15) is 0 Å². The maximum absolute atomic E-state index is 6.19. The van der Waals surface area contributed by atoms with Crippen LogP contribution >= 0.6 is 23.2 Å². The standard InChI is InChI=1S/C14H17Cl2NO/c15-10-4-3-9(7-11(10)16)18-13-8-12(17)14(13)5-1-2-6-14/h3-4,7,12-13H,1-2,5-6,8,17H2. The smallest absolute Gasteiger partial charge is 0.121 e. The number of rotatable bonds is 2. The van der Waals surface area contributed by atoms with E-state index in [1.165, 1.54) is 25.7 Å². The minimum atomic E-state index is 0.214. The highest BCUT2D eigenvalue weighted by atomic mass is 35.5. The lowest BCUT2D eigenvalue weighted by molar-refractivity contribution is -0.0620. The van der Waals surface area contributed by atoms with E-state index in [0.717, 1.165) is 12.2 Å². The van der Waals surface area contributed by atoms with Crippen LogP contribution in [-0.2, 0) is 0 Å². The Bertz CT molecular complexity index is 457. The molecule has 1 aromatic carbocycles. The number of nitrogens with two attached hydrogens (primary N) is 1. The van der Waals surface area contributed by atoms with Gasteiger partial charge in [0, 0.05) is 23.9 Å². The molecule has 2 aliphatic rings. The Morgan fingerprint density at radius 1 is 1.17 bits per heavy atom. The van der Waals surface area contributed by atoms with Gasteiger partial charge in [-0.15, -0.1) is 0 Å². The Morgan fingerprint density at radius 2 is 1.89 bits per heavy atom. The monoisotopic (exact) mass is 285 g/mol. The van der Waals surface area contributed by atoms with Crippen LogP contribution in [0.5, 0.6) is 5.75 Å². The topological polar surface area (TPSA) is 35.2 Å². The largest absolute Gasteiger partial charge is 0.490 e. The molecule has 2 unspecified atom stereocenters. The van der Waals surface area contributed by atoms with E-state index in [9.17, 15) is 0 Å². The number of hydrogen-bond donors (Lipinski definition) is 1. The van der Waals surface area contributed by atoms with Crippen molar-refractivity contribution in [1.29, 1.82) is 0 Å². The molecule has 0 saturated heterocycles. The predicted molar refractivity (Wildman–Crippen MR) is 74.4 cm³/mol. The van der Waals surface area contributed by atoms with E-state index in [1.54, 1.807) is 12.1 Å². The van der Waals surface area contributed by atoms with Gasteiger partial charge in [-0.05, 0) is 25.0 Å². The molecule has 2 aliphatic carbocycles. The average molecular weight is 286 g/mol. The summed E-state index contributed by atoms with van der Waals surface area (Å²) in [6, 6.07) is 5.74. The van der Waals surface area contributed by atoms with Gasteiger partial charge in [-0.3, -0.25) is 0 Å². The lowest BCUT2D eigenvalue weighted by atomic mass is 9.61. The van der Waals surface area contributed by atoms with Crippen LogP contribution in [0.15, 0.2) is 18.2 Å². The first-order valence-electron chi connectivity index (χ1n) is 6.49. The fourth-order valence-electron chi connectivity index (χ4n) is 3.38. The zero-order valence-electron chi connectivity index (χ0n) is 10.2. The second-order valence-corrected chi connectivity index (χ2v) is 6.28. The molecule has 0 bridgehead atoms. The molecule has 18 heavy (non-hydrogen) atoms. The highest BCUT2D eigenvalue weighted by Gasteiger charge is 2.56. The highest BCUT2D eigenvalue weighted by Crippen LogP contribution is 2.53. The molecular formula is C14H17Cl2NO. The molecule has 0 amide bonds. The zero-order valence-corrected chi connectivity index (χ0v) is 11.7. The summed E-state index contributed by atoms with van der Waals surface area (Å²) in [5, 5.41) is 1.10. The Hall–Kier alpha value is -0.440. The summed E-state index contributed by atoms with van der Waals surface area (Å²) in [6.07, 6.45) is 6.12. The van der Waals surface area contributed by atoms with Crippen LogP contribution in [0.4, 0.5) is 0 Å². The third-order valence-corrected chi connectivity index (χ3v) is 5.29. The molecule has 2 saturated carbocycles. The average Bonchev–Trinajstić information content (AvgIpc) is 2.85. The fraction of sp³-hybridized carbons (Fsp3) is 0.571. The number of benzene rings is 1. The molecule has 4 heteroatoms. The van der Waals surface area contributed by atoms with Gasteiger partial charge in [0.2, 0.25) is 0 Å². The van der Waals surface area contributed by atoms with E-state index in [2.05, 4.69) is 0 Å².